The molecule has 1 aliphatic carbocycles. The van der Waals surface area contributed by atoms with Crippen LogP contribution in [0.5, 0.6) is 0 Å². The summed E-state index contributed by atoms with van der Waals surface area (Å²) in [7, 11) is -4.12. The number of carbonyl (C=O) groups is 2. The van der Waals surface area contributed by atoms with Gasteiger partial charge >= 0.3 is 12.1 Å². The maximum absolute atomic E-state index is 13.3. The van der Waals surface area contributed by atoms with Crippen LogP contribution < -0.4 is 0 Å². The summed E-state index contributed by atoms with van der Waals surface area (Å²) >= 11 is 0. The Bertz CT molecular complexity index is 899. The molecule has 1 aromatic rings. The van der Waals surface area contributed by atoms with E-state index in [1.807, 2.05) is 13.0 Å². The van der Waals surface area contributed by atoms with E-state index in [-0.39, 0.29) is 11.4 Å². The molecule has 0 radical (unpaired) electrons. The summed E-state index contributed by atoms with van der Waals surface area (Å²) < 4.78 is 32.7. The van der Waals surface area contributed by atoms with Gasteiger partial charge in [0.1, 0.15) is 5.60 Å². The Hall–Kier alpha value is -2.35. The molecule has 0 aromatic heterocycles. The van der Waals surface area contributed by atoms with Gasteiger partial charge in [-0.15, -0.1) is 0 Å². The third-order valence-corrected chi connectivity index (χ3v) is 6.45. The molecule has 1 fully saturated rings. The number of allylic oxidation sites excluding steroid dienone is 1. The predicted octanol–water partition coefficient (Wildman–Crippen LogP) is 3.45. The molecule has 0 bridgehead atoms. The molecule has 1 saturated heterocycles. The van der Waals surface area contributed by atoms with E-state index in [1.165, 1.54) is 12.1 Å². The highest BCUT2D eigenvalue weighted by molar-refractivity contribution is 7.89. The van der Waals surface area contributed by atoms with E-state index < -0.39 is 33.3 Å². The van der Waals surface area contributed by atoms with E-state index in [4.69, 9.17) is 4.74 Å². The zero-order valence-corrected chi connectivity index (χ0v) is 16.7. The second-order valence-electron chi connectivity index (χ2n) is 7.98. The van der Waals surface area contributed by atoms with Crippen molar-refractivity contribution in [3.05, 3.63) is 42.0 Å². The minimum atomic E-state index is -4.12. The Labute approximate surface area is 159 Å². The topological polar surface area (TPSA) is 84.0 Å². The number of aryl methyl sites for hydroxylation is 1. The van der Waals surface area contributed by atoms with E-state index >= 15 is 0 Å². The maximum atomic E-state index is 13.3. The number of carbonyl (C=O) groups excluding carboxylic acids is 2. The SMILES string of the molecule is Cc1ccc(S(=O)(=O)N2C(=O)N(C(=O)OC(C)(C)C)C[C@@]23C=CCC3)cc1. The van der Waals surface area contributed by atoms with Gasteiger partial charge in [0.15, 0.2) is 0 Å². The van der Waals surface area contributed by atoms with Crippen molar-refractivity contribution in [1.29, 1.82) is 0 Å². The lowest BCUT2D eigenvalue weighted by atomic mass is 10.0. The van der Waals surface area contributed by atoms with Crippen LogP contribution in [-0.4, -0.2) is 47.4 Å². The third kappa shape index (κ3) is 3.45. The average Bonchev–Trinajstić information content (AvgIpc) is 3.11. The molecule has 1 heterocycles. The van der Waals surface area contributed by atoms with Crippen LogP contribution in [0.15, 0.2) is 41.3 Å². The molecule has 7 nitrogen and oxygen atoms in total. The first-order valence-electron chi connectivity index (χ1n) is 8.81. The first-order chi connectivity index (χ1) is 12.5. The van der Waals surface area contributed by atoms with Crippen molar-refractivity contribution in [3.8, 4) is 0 Å². The molecular formula is C19H24N2O5S. The van der Waals surface area contributed by atoms with Crippen molar-refractivity contribution in [3.63, 3.8) is 0 Å². The van der Waals surface area contributed by atoms with Crippen molar-refractivity contribution >= 4 is 22.1 Å². The fourth-order valence-corrected chi connectivity index (χ4v) is 5.03. The van der Waals surface area contributed by atoms with Gasteiger partial charge in [0, 0.05) is 0 Å². The number of imide groups is 1. The van der Waals surface area contributed by atoms with Crippen LogP contribution in [0, 0.1) is 6.92 Å². The molecular weight excluding hydrogens is 368 g/mol. The van der Waals surface area contributed by atoms with E-state index in [0.29, 0.717) is 12.8 Å². The van der Waals surface area contributed by atoms with E-state index in [1.54, 1.807) is 39.0 Å². The molecule has 3 amide bonds. The molecule has 146 valence electrons. The smallest absolute Gasteiger partial charge is 0.418 e. The summed E-state index contributed by atoms with van der Waals surface area (Å²) in [6, 6.07) is 5.42. The van der Waals surface area contributed by atoms with Crippen molar-refractivity contribution < 1.29 is 22.7 Å². The molecule has 0 unspecified atom stereocenters. The molecule has 2 aliphatic rings. The van der Waals surface area contributed by atoms with E-state index in [2.05, 4.69) is 0 Å². The summed E-state index contributed by atoms with van der Waals surface area (Å²) in [6.07, 6.45) is 3.78. The summed E-state index contributed by atoms with van der Waals surface area (Å²) in [5.74, 6) is 0. The Morgan fingerprint density at radius 2 is 1.81 bits per heavy atom. The average molecular weight is 392 g/mol. The Balaban J connectivity index is 2.02. The molecule has 27 heavy (non-hydrogen) atoms. The van der Waals surface area contributed by atoms with Gasteiger partial charge < -0.3 is 4.74 Å². The van der Waals surface area contributed by atoms with Crippen LogP contribution in [0.2, 0.25) is 0 Å². The molecule has 1 aliphatic heterocycles. The number of hydrogen-bond donors (Lipinski definition) is 0. The monoisotopic (exact) mass is 392 g/mol. The normalized spacial score (nSPS) is 22.7. The molecule has 3 rings (SSSR count). The standard InChI is InChI=1S/C19H24N2O5S/c1-14-7-9-15(10-8-14)27(24,25)21-16(22)20(17(23)26-18(2,3)4)13-19(21)11-5-6-12-19/h5,7-11H,6,12-13H2,1-4H3/t19-/m0/s1. The zero-order valence-electron chi connectivity index (χ0n) is 15.9. The summed E-state index contributed by atoms with van der Waals surface area (Å²) in [4.78, 5) is 26.4. The lowest BCUT2D eigenvalue weighted by molar-refractivity contribution is 0.0343. The van der Waals surface area contributed by atoms with E-state index in [9.17, 15) is 18.0 Å². The van der Waals surface area contributed by atoms with Gasteiger partial charge in [0.25, 0.3) is 10.0 Å². The quantitative estimate of drug-likeness (QED) is 0.720. The van der Waals surface area contributed by atoms with Gasteiger partial charge in [-0.25, -0.2) is 27.2 Å². The summed E-state index contributed by atoms with van der Waals surface area (Å²) in [6.45, 7) is 6.87. The fourth-order valence-electron chi connectivity index (χ4n) is 3.34. The number of sulfonamides is 1. The molecule has 1 atom stereocenters. The largest absolute Gasteiger partial charge is 0.443 e. The molecule has 1 spiro atoms. The van der Waals surface area contributed by atoms with Gasteiger partial charge in [-0.2, -0.15) is 0 Å². The predicted molar refractivity (Wildman–Crippen MR) is 99.6 cm³/mol. The van der Waals surface area contributed by atoms with Crippen molar-refractivity contribution in [2.45, 2.75) is 56.6 Å². The maximum Gasteiger partial charge on any atom is 0.418 e. The zero-order chi connectivity index (χ0) is 20.0. The van der Waals surface area contributed by atoms with E-state index in [0.717, 1.165) is 14.8 Å². The lowest BCUT2D eigenvalue weighted by Crippen LogP contribution is -2.47. The number of ether oxygens (including phenoxy) is 1. The minimum absolute atomic E-state index is 0.0205. The van der Waals surface area contributed by atoms with Crippen LogP contribution in [0.1, 0.15) is 39.2 Å². The van der Waals surface area contributed by atoms with Crippen molar-refractivity contribution in [2.24, 2.45) is 0 Å². The van der Waals surface area contributed by atoms with Gasteiger partial charge in [0.05, 0.1) is 17.0 Å². The van der Waals surface area contributed by atoms with Gasteiger partial charge in [-0.3, -0.25) is 0 Å². The number of hydrogen-bond acceptors (Lipinski definition) is 5. The van der Waals surface area contributed by atoms with Crippen LogP contribution >= 0.6 is 0 Å². The molecule has 0 saturated carbocycles. The molecule has 0 N–H and O–H groups in total. The summed E-state index contributed by atoms with van der Waals surface area (Å²) in [5, 5.41) is 0. The van der Waals surface area contributed by atoms with Gasteiger partial charge in [0.2, 0.25) is 0 Å². The van der Waals surface area contributed by atoms with Crippen molar-refractivity contribution in [2.75, 3.05) is 6.54 Å². The second-order valence-corrected chi connectivity index (χ2v) is 9.76. The summed E-state index contributed by atoms with van der Waals surface area (Å²) in [5.41, 5.74) is -0.954. The van der Waals surface area contributed by atoms with Crippen LogP contribution in [-0.2, 0) is 14.8 Å². The van der Waals surface area contributed by atoms with Crippen molar-refractivity contribution in [1.82, 2.24) is 9.21 Å². The second kappa shape index (κ2) is 6.37. The number of amides is 3. The number of benzene rings is 1. The number of urea groups is 1. The highest BCUT2D eigenvalue weighted by Gasteiger charge is 2.57. The first kappa shape index (κ1) is 19.4. The highest BCUT2D eigenvalue weighted by atomic mass is 32.2. The highest BCUT2D eigenvalue weighted by Crippen LogP contribution is 2.40. The Morgan fingerprint density at radius 3 is 2.33 bits per heavy atom. The minimum Gasteiger partial charge on any atom is -0.443 e. The van der Waals surface area contributed by atoms with Gasteiger partial charge in [-0.1, -0.05) is 29.8 Å². The van der Waals surface area contributed by atoms with Gasteiger partial charge in [-0.05, 0) is 52.7 Å². The number of rotatable bonds is 2. The Morgan fingerprint density at radius 1 is 1.19 bits per heavy atom. The lowest BCUT2D eigenvalue weighted by Gasteiger charge is -2.30. The van der Waals surface area contributed by atoms with Crippen LogP contribution in [0.25, 0.3) is 0 Å². The van der Waals surface area contributed by atoms with Crippen LogP contribution in [0.3, 0.4) is 0 Å². The fraction of sp³-hybridized carbons (Fsp3) is 0.474. The third-order valence-electron chi connectivity index (χ3n) is 4.59. The van der Waals surface area contributed by atoms with Crippen LogP contribution in [0.4, 0.5) is 9.59 Å². The molecule has 8 heteroatoms. The first-order valence-corrected chi connectivity index (χ1v) is 10.2. The molecule has 1 aromatic carbocycles. The number of nitrogens with zero attached hydrogens (tertiary/aromatic N) is 2. The Kier molecular flexibility index (Phi) is 4.58.